The predicted molar refractivity (Wildman–Crippen MR) is 114 cm³/mol. The van der Waals surface area contributed by atoms with E-state index in [0.29, 0.717) is 22.8 Å². The minimum atomic E-state index is -3.95. The average molecular weight is 453 g/mol. The van der Waals surface area contributed by atoms with Gasteiger partial charge in [-0.05, 0) is 18.2 Å². The number of anilines is 1. The second kappa shape index (κ2) is 10.4. The third kappa shape index (κ3) is 6.44. The molecule has 0 saturated carbocycles. The molecule has 0 atom stereocenters. The Hall–Kier alpha value is -3.60. The van der Waals surface area contributed by atoms with Gasteiger partial charge in [0, 0.05) is 18.2 Å². The maximum Gasteiger partial charge on any atom is 0.341 e. The van der Waals surface area contributed by atoms with Crippen molar-refractivity contribution in [3.8, 4) is 28.7 Å². The number of ether oxygens (including phenoxy) is 5. The van der Waals surface area contributed by atoms with Gasteiger partial charge in [-0.3, -0.25) is 4.72 Å². The van der Waals surface area contributed by atoms with E-state index in [4.69, 9.17) is 28.8 Å². The zero-order valence-electron chi connectivity index (χ0n) is 17.4. The summed E-state index contributed by atoms with van der Waals surface area (Å²) in [4.78, 5) is 10.7. The number of carboxylic acids is 1. The number of carbonyl (C=O) groups is 1. The van der Waals surface area contributed by atoms with Crippen molar-refractivity contribution in [2.45, 2.75) is 0 Å². The molecule has 0 aliphatic rings. The molecule has 11 heteroatoms. The van der Waals surface area contributed by atoms with Crippen LogP contribution in [0.3, 0.4) is 0 Å². The molecule has 10 nitrogen and oxygen atoms in total. The lowest BCUT2D eigenvalue weighted by Crippen LogP contribution is -2.11. The lowest BCUT2D eigenvalue weighted by Gasteiger charge is -2.13. The smallest absolute Gasteiger partial charge is 0.341 e. The number of rotatable bonds is 11. The monoisotopic (exact) mass is 453 g/mol. The number of hydrogen-bond donors (Lipinski definition) is 2. The summed E-state index contributed by atoms with van der Waals surface area (Å²) >= 11 is 0. The number of hydrogen-bond acceptors (Lipinski definition) is 8. The van der Waals surface area contributed by atoms with E-state index in [1.165, 1.54) is 52.7 Å². The molecule has 0 aromatic heterocycles. The van der Waals surface area contributed by atoms with Gasteiger partial charge in [-0.2, -0.15) is 0 Å². The van der Waals surface area contributed by atoms with Crippen molar-refractivity contribution in [2.75, 3.05) is 39.8 Å². The summed E-state index contributed by atoms with van der Waals surface area (Å²) in [6, 6.07) is 7.41. The molecule has 2 N–H and O–H groups in total. The highest BCUT2D eigenvalue weighted by atomic mass is 32.2. The molecule has 31 heavy (non-hydrogen) atoms. The second-order valence-electron chi connectivity index (χ2n) is 5.94. The first-order valence-electron chi connectivity index (χ1n) is 8.76. The number of benzene rings is 2. The molecular formula is C20H23NO9S. The first-order valence-corrected chi connectivity index (χ1v) is 10.3. The van der Waals surface area contributed by atoms with Crippen LogP contribution in [0.1, 0.15) is 5.56 Å². The Balaban J connectivity index is 2.31. The van der Waals surface area contributed by atoms with Crippen molar-refractivity contribution in [2.24, 2.45) is 0 Å². The largest absolute Gasteiger partial charge is 0.496 e. The minimum Gasteiger partial charge on any atom is -0.496 e. The SMILES string of the molecule is COc1cc(OC)c(C=CS(=O)(=O)Nc2ccc(OC)c(OCC(=O)O)c2)c(OC)c1. The van der Waals surface area contributed by atoms with Crippen LogP contribution in [0.15, 0.2) is 35.7 Å². The van der Waals surface area contributed by atoms with Crippen LogP contribution < -0.4 is 28.4 Å². The summed E-state index contributed by atoms with van der Waals surface area (Å²) in [5.41, 5.74) is 0.552. The van der Waals surface area contributed by atoms with Gasteiger partial charge in [0.2, 0.25) is 0 Å². The lowest BCUT2D eigenvalue weighted by molar-refractivity contribution is -0.139. The van der Waals surface area contributed by atoms with Crippen molar-refractivity contribution in [1.29, 1.82) is 0 Å². The third-order valence-corrected chi connectivity index (χ3v) is 4.96. The van der Waals surface area contributed by atoms with E-state index < -0.39 is 22.6 Å². The number of aliphatic carboxylic acids is 1. The van der Waals surface area contributed by atoms with Crippen LogP contribution in [0.2, 0.25) is 0 Å². The van der Waals surface area contributed by atoms with E-state index in [0.717, 1.165) is 5.41 Å². The molecule has 0 amide bonds. The highest BCUT2D eigenvalue weighted by Crippen LogP contribution is 2.35. The summed E-state index contributed by atoms with van der Waals surface area (Å²) in [6.45, 7) is -0.608. The van der Waals surface area contributed by atoms with Crippen LogP contribution >= 0.6 is 0 Å². The second-order valence-corrected chi connectivity index (χ2v) is 7.51. The summed E-state index contributed by atoms with van der Waals surface area (Å²) in [5.74, 6) is 0.352. The maximum atomic E-state index is 12.6. The molecule has 2 aromatic carbocycles. The van der Waals surface area contributed by atoms with Gasteiger partial charge in [0.05, 0.1) is 45.1 Å². The molecule has 0 spiro atoms. The quantitative estimate of drug-likeness (QED) is 0.527. The van der Waals surface area contributed by atoms with E-state index in [1.54, 1.807) is 12.1 Å². The minimum absolute atomic E-state index is 0.0765. The summed E-state index contributed by atoms with van der Waals surface area (Å²) in [6.07, 6.45) is 1.32. The summed E-state index contributed by atoms with van der Waals surface area (Å²) < 4.78 is 53.5. The molecule has 0 radical (unpaired) electrons. The van der Waals surface area contributed by atoms with Crippen LogP contribution in [0, 0.1) is 0 Å². The standard InChI is InChI=1S/C20H23NO9S/c1-26-14-10-17(28-3)15(18(11-14)29-4)7-8-31(24,25)21-13-5-6-16(27-2)19(9-13)30-12-20(22)23/h5-11,21H,12H2,1-4H3,(H,22,23). The van der Waals surface area contributed by atoms with E-state index in [-0.39, 0.29) is 17.2 Å². The fourth-order valence-electron chi connectivity index (χ4n) is 2.55. The van der Waals surface area contributed by atoms with Gasteiger partial charge in [0.25, 0.3) is 10.0 Å². The lowest BCUT2D eigenvalue weighted by atomic mass is 10.1. The number of methoxy groups -OCH3 is 4. The molecule has 0 unspecified atom stereocenters. The molecule has 0 aliphatic heterocycles. The van der Waals surface area contributed by atoms with Crippen LogP contribution in [-0.4, -0.2) is 54.5 Å². The Morgan fingerprint density at radius 1 is 0.935 bits per heavy atom. The van der Waals surface area contributed by atoms with Crippen molar-refractivity contribution in [3.05, 3.63) is 41.3 Å². The zero-order valence-corrected chi connectivity index (χ0v) is 18.2. The summed E-state index contributed by atoms with van der Waals surface area (Å²) in [7, 11) is 1.79. The third-order valence-electron chi connectivity index (χ3n) is 3.94. The Morgan fingerprint density at radius 2 is 1.55 bits per heavy atom. The molecule has 2 rings (SSSR count). The van der Waals surface area contributed by atoms with Crippen LogP contribution in [0.4, 0.5) is 5.69 Å². The van der Waals surface area contributed by atoms with Gasteiger partial charge < -0.3 is 28.8 Å². The van der Waals surface area contributed by atoms with Gasteiger partial charge in [0.1, 0.15) is 17.2 Å². The molecule has 0 saturated heterocycles. The predicted octanol–water partition coefficient (Wildman–Crippen LogP) is 2.60. The van der Waals surface area contributed by atoms with Gasteiger partial charge in [-0.15, -0.1) is 0 Å². The molecule has 0 bridgehead atoms. The van der Waals surface area contributed by atoms with Crippen LogP contribution in [-0.2, 0) is 14.8 Å². The van der Waals surface area contributed by atoms with Crippen molar-refractivity contribution >= 4 is 27.8 Å². The molecule has 2 aromatic rings. The van der Waals surface area contributed by atoms with E-state index in [1.807, 2.05) is 0 Å². The van der Waals surface area contributed by atoms with E-state index in [9.17, 15) is 13.2 Å². The molecule has 0 fully saturated rings. The highest BCUT2D eigenvalue weighted by molar-refractivity contribution is 7.95. The Labute approximate surface area is 180 Å². The molecule has 168 valence electrons. The van der Waals surface area contributed by atoms with E-state index in [2.05, 4.69) is 4.72 Å². The molecule has 0 heterocycles. The van der Waals surface area contributed by atoms with Gasteiger partial charge in [-0.1, -0.05) is 0 Å². The Kier molecular flexibility index (Phi) is 7.97. The number of sulfonamides is 1. The topological polar surface area (TPSA) is 130 Å². The van der Waals surface area contributed by atoms with Crippen LogP contribution in [0.25, 0.3) is 6.08 Å². The zero-order chi connectivity index (χ0) is 23.0. The van der Waals surface area contributed by atoms with E-state index >= 15 is 0 Å². The van der Waals surface area contributed by atoms with Crippen molar-refractivity contribution in [3.63, 3.8) is 0 Å². The van der Waals surface area contributed by atoms with Gasteiger partial charge in [-0.25, -0.2) is 13.2 Å². The van der Waals surface area contributed by atoms with Gasteiger partial charge >= 0.3 is 5.97 Å². The molecule has 0 aliphatic carbocycles. The maximum absolute atomic E-state index is 12.6. The van der Waals surface area contributed by atoms with Crippen LogP contribution in [0.5, 0.6) is 28.7 Å². The summed E-state index contributed by atoms with van der Waals surface area (Å²) in [5, 5.41) is 9.72. The highest BCUT2D eigenvalue weighted by Gasteiger charge is 2.14. The van der Waals surface area contributed by atoms with Crippen molar-refractivity contribution in [1.82, 2.24) is 0 Å². The average Bonchev–Trinajstić information content (AvgIpc) is 2.75. The number of carboxylic acid groups (broad SMARTS) is 1. The molecular weight excluding hydrogens is 430 g/mol. The fourth-order valence-corrected chi connectivity index (χ4v) is 3.38. The normalized spacial score (nSPS) is 11.1. The van der Waals surface area contributed by atoms with Crippen molar-refractivity contribution < 1.29 is 42.0 Å². The number of nitrogens with one attached hydrogen (secondary N) is 1. The Bertz CT molecular complexity index is 1040. The fraction of sp³-hybridized carbons (Fsp3) is 0.250. The first kappa shape index (κ1) is 23.7. The van der Waals surface area contributed by atoms with Gasteiger partial charge in [0.15, 0.2) is 18.1 Å². The Morgan fingerprint density at radius 3 is 2.06 bits per heavy atom. The first-order chi connectivity index (χ1) is 14.7.